The third kappa shape index (κ3) is 5.36. The SMILES string of the molecule is CCC(CC)(CO)CNC(=O)CC(N)C(C)(C)C. The van der Waals surface area contributed by atoms with Gasteiger partial charge in [0.2, 0.25) is 5.91 Å². The number of amides is 1. The number of rotatable bonds is 7. The second-order valence-corrected chi connectivity index (χ2v) is 6.32. The van der Waals surface area contributed by atoms with E-state index in [2.05, 4.69) is 5.32 Å². The maximum Gasteiger partial charge on any atom is 0.221 e. The summed E-state index contributed by atoms with van der Waals surface area (Å²) in [5.74, 6) is -0.0304. The monoisotopic (exact) mass is 258 g/mol. The van der Waals surface area contributed by atoms with Crippen LogP contribution < -0.4 is 11.1 Å². The highest BCUT2D eigenvalue weighted by Gasteiger charge is 2.27. The van der Waals surface area contributed by atoms with Crippen molar-refractivity contribution in [3.8, 4) is 0 Å². The number of nitrogens with two attached hydrogens (primary N) is 1. The van der Waals surface area contributed by atoms with Crippen LogP contribution in [-0.4, -0.2) is 30.2 Å². The lowest BCUT2D eigenvalue weighted by Crippen LogP contribution is -2.44. The van der Waals surface area contributed by atoms with Crippen LogP contribution in [0.15, 0.2) is 0 Å². The normalized spacial score (nSPS) is 14.4. The molecule has 18 heavy (non-hydrogen) atoms. The standard InChI is InChI=1S/C14H30N2O2/c1-6-14(7-2,10-17)9-16-12(18)8-11(15)13(3,4)5/h11,17H,6-10,15H2,1-5H3,(H,16,18). The van der Waals surface area contributed by atoms with Crippen LogP contribution in [0, 0.1) is 10.8 Å². The summed E-state index contributed by atoms with van der Waals surface area (Å²) >= 11 is 0. The van der Waals surface area contributed by atoms with E-state index in [1.54, 1.807) is 0 Å². The fraction of sp³-hybridized carbons (Fsp3) is 0.929. The molecule has 0 radical (unpaired) electrons. The van der Waals surface area contributed by atoms with Crippen molar-refractivity contribution < 1.29 is 9.90 Å². The van der Waals surface area contributed by atoms with Crippen molar-refractivity contribution in [2.75, 3.05) is 13.2 Å². The van der Waals surface area contributed by atoms with Crippen LogP contribution in [0.1, 0.15) is 53.9 Å². The van der Waals surface area contributed by atoms with Gasteiger partial charge in [-0.2, -0.15) is 0 Å². The Morgan fingerprint density at radius 3 is 2.11 bits per heavy atom. The molecular formula is C14H30N2O2. The van der Waals surface area contributed by atoms with Crippen LogP contribution in [0.4, 0.5) is 0 Å². The minimum absolute atomic E-state index is 0.0304. The average molecular weight is 258 g/mol. The van der Waals surface area contributed by atoms with E-state index in [0.717, 1.165) is 12.8 Å². The van der Waals surface area contributed by atoms with E-state index in [1.165, 1.54) is 0 Å². The summed E-state index contributed by atoms with van der Waals surface area (Å²) in [5.41, 5.74) is 5.72. The van der Waals surface area contributed by atoms with Crippen LogP contribution in [-0.2, 0) is 4.79 Å². The van der Waals surface area contributed by atoms with E-state index in [4.69, 9.17) is 5.73 Å². The van der Waals surface area contributed by atoms with E-state index < -0.39 is 0 Å². The Morgan fingerprint density at radius 1 is 1.28 bits per heavy atom. The molecule has 0 aliphatic rings. The van der Waals surface area contributed by atoms with Gasteiger partial charge < -0.3 is 16.2 Å². The smallest absolute Gasteiger partial charge is 0.221 e. The van der Waals surface area contributed by atoms with Gasteiger partial charge in [0.1, 0.15) is 0 Å². The van der Waals surface area contributed by atoms with Crippen LogP contribution in [0.5, 0.6) is 0 Å². The van der Waals surface area contributed by atoms with Crippen molar-refractivity contribution in [3.05, 3.63) is 0 Å². The van der Waals surface area contributed by atoms with Crippen molar-refractivity contribution in [1.29, 1.82) is 0 Å². The molecule has 1 atom stereocenters. The van der Waals surface area contributed by atoms with Gasteiger partial charge in [0.15, 0.2) is 0 Å². The average Bonchev–Trinajstić information content (AvgIpc) is 2.30. The van der Waals surface area contributed by atoms with Gasteiger partial charge in [0.05, 0.1) is 6.61 Å². The Kier molecular flexibility index (Phi) is 6.86. The van der Waals surface area contributed by atoms with Crippen molar-refractivity contribution in [2.24, 2.45) is 16.6 Å². The molecule has 4 heteroatoms. The molecular weight excluding hydrogens is 228 g/mol. The van der Waals surface area contributed by atoms with E-state index in [9.17, 15) is 9.90 Å². The van der Waals surface area contributed by atoms with Crippen molar-refractivity contribution in [3.63, 3.8) is 0 Å². The number of aliphatic hydroxyl groups is 1. The number of carbonyl (C=O) groups excluding carboxylic acids is 1. The molecule has 0 aliphatic carbocycles. The molecule has 0 fully saturated rings. The zero-order valence-corrected chi connectivity index (χ0v) is 12.5. The molecule has 0 aliphatic heterocycles. The Hall–Kier alpha value is -0.610. The molecule has 0 aromatic carbocycles. The van der Waals surface area contributed by atoms with Gasteiger partial charge in [-0.15, -0.1) is 0 Å². The largest absolute Gasteiger partial charge is 0.396 e. The third-order valence-electron chi connectivity index (χ3n) is 4.01. The molecule has 1 amide bonds. The number of hydrogen-bond donors (Lipinski definition) is 3. The number of nitrogens with one attached hydrogen (secondary N) is 1. The minimum Gasteiger partial charge on any atom is -0.396 e. The summed E-state index contributed by atoms with van der Waals surface area (Å²) in [6, 6.07) is -0.149. The number of hydrogen-bond acceptors (Lipinski definition) is 3. The first-order valence-corrected chi connectivity index (χ1v) is 6.84. The maximum absolute atomic E-state index is 11.8. The molecule has 0 saturated carbocycles. The second kappa shape index (κ2) is 7.10. The van der Waals surface area contributed by atoms with Gasteiger partial charge in [-0.25, -0.2) is 0 Å². The Labute approximate surface area is 111 Å². The molecule has 0 spiro atoms. The Morgan fingerprint density at radius 2 is 1.78 bits per heavy atom. The highest BCUT2D eigenvalue weighted by molar-refractivity contribution is 5.76. The predicted octanol–water partition coefficient (Wildman–Crippen LogP) is 1.66. The molecule has 0 saturated heterocycles. The summed E-state index contributed by atoms with van der Waals surface area (Å²) in [4.78, 5) is 11.8. The lowest BCUT2D eigenvalue weighted by atomic mass is 9.82. The summed E-state index contributed by atoms with van der Waals surface area (Å²) in [7, 11) is 0. The topological polar surface area (TPSA) is 75.3 Å². The van der Waals surface area contributed by atoms with Crippen molar-refractivity contribution in [2.45, 2.75) is 59.9 Å². The number of carbonyl (C=O) groups is 1. The van der Waals surface area contributed by atoms with E-state index in [-0.39, 0.29) is 29.4 Å². The molecule has 0 aromatic heterocycles. The minimum atomic E-state index is -0.193. The zero-order chi connectivity index (χ0) is 14.4. The molecule has 0 rings (SSSR count). The Balaban J connectivity index is 4.26. The molecule has 4 N–H and O–H groups in total. The van der Waals surface area contributed by atoms with E-state index in [1.807, 2.05) is 34.6 Å². The lowest BCUT2D eigenvalue weighted by Gasteiger charge is -2.31. The first-order chi connectivity index (χ1) is 8.20. The number of aliphatic hydroxyl groups excluding tert-OH is 1. The van der Waals surface area contributed by atoms with Gasteiger partial charge in [-0.3, -0.25) is 4.79 Å². The van der Waals surface area contributed by atoms with Crippen LogP contribution in [0.25, 0.3) is 0 Å². The van der Waals surface area contributed by atoms with Gasteiger partial charge in [0, 0.05) is 24.4 Å². The quantitative estimate of drug-likeness (QED) is 0.650. The van der Waals surface area contributed by atoms with Crippen LogP contribution >= 0.6 is 0 Å². The van der Waals surface area contributed by atoms with Gasteiger partial charge in [-0.05, 0) is 18.3 Å². The first-order valence-electron chi connectivity index (χ1n) is 6.84. The van der Waals surface area contributed by atoms with Gasteiger partial charge >= 0.3 is 0 Å². The van der Waals surface area contributed by atoms with Crippen LogP contribution in [0.3, 0.4) is 0 Å². The molecule has 0 aromatic rings. The summed E-state index contributed by atoms with van der Waals surface area (Å²) in [5, 5.41) is 12.3. The Bertz CT molecular complexity index is 247. The molecule has 108 valence electrons. The second-order valence-electron chi connectivity index (χ2n) is 6.32. The molecule has 0 bridgehead atoms. The van der Waals surface area contributed by atoms with Gasteiger partial charge in [0.25, 0.3) is 0 Å². The predicted molar refractivity (Wildman–Crippen MR) is 75.2 cm³/mol. The highest BCUT2D eigenvalue weighted by Crippen LogP contribution is 2.24. The summed E-state index contributed by atoms with van der Waals surface area (Å²) < 4.78 is 0. The van der Waals surface area contributed by atoms with Crippen molar-refractivity contribution >= 4 is 5.91 Å². The van der Waals surface area contributed by atoms with Gasteiger partial charge in [-0.1, -0.05) is 34.6 Å². The molecule has 0 heterocycles. The molecule has 1 unspecified atom stereocenters. The zero-order valence-electron chi connectivity index (χ0n) is 12.5. The van der Waals surface area contributed by atoms with Crippen molar-refractivity contribution in [1.82, 2.24) is 5.32 Å². The third-order valence-corrected chi connectivity index (χ3v) is 4.01. The lowest BCUT2D eigenvalue weighted by molar-refractivity contribution is -0.122. The van der Waals surface area contributed by atoms with Crippen LogP contribution in [0.2, 0.25) is 0 Å². The first kappa shape index (κ1) is 17.4. The fourth-order valence-corrected chi connectivity index (χ4v) is 1.64. The van der Waals surface area contributed by atoms with E-state index >= 15 is 0 Å². The highest BCUT2D eigenvalue weighted by atomic mass is 16.3. The maximum atomic E-state index is 11.8. The summed E-state index contributed by atoms with van der Waals surface area (Å²) in [6.45, 7) is 10.8. The fourth-order valence-electron chi connectivity index (χ4n) is 1.64. The van der Waals surface area contributed by atoms with E-state index in [0.29, 0.717) is 13.0 Å². The summed E-state index contributed by atoms with van der Waals surface area (Å²) in [6.07, 6.45) is 2.04. The molecule has 4 nitrogen and oxygen atoms in total.